The lowest BCUT2D eigenvalue weighted by Gasteiger charge is -2.33. The van der Waals surface area contributed by atoms with Crippen LogP contribution in [0.3, 0.4) is 0 Å². The van der Waals surface area contributed by atoms with Gasteiger partial charge in [0.25, 0.3) is 0 Å². The zero-order chi connectivity index (χ0) is 13.4. The molecule has 0 radical (unpaired) electrons. The zero-order valence-electron chi connectivity index (χ0n) is 11.7. The van der Waals surface area contributed by atoms with Crippen molar-refractivity contribution in [1.82, 2.24) is 0 Å². The van der Waals surface area contributed by atoms with E-state index in [0.717, 1.165) is 25.7 Å². The minimum atomic E-state index is -0.410. The maximum Gasteiger partial charge on any atom is 0.335 e. The van der Waals surface area contributed by atoms with Gasteiger partial charge in [-0.05, 0) is 38.6 Å². The largest absolute Gasteiger partial charge is 0.464 e. The van der Waals surface area contributed by atoms with Crippen LogP contribution in [-0.4, -0.2) is 31.3 Å². The van der Waals surface area contributed by atoms with Crippen molar-refractivity contribution in [1.29, 1.82) is 0 Å². The van der Waals surface area contributed by atoms with Crippen molar-refractivity contribution in [2.45, 2.75) is 64.6 Å². The molecule has 0 saturated heterocycles. The van der Waals surface area contributed by atoms with Crippen LogP contribution in [0.2, 0.25) is 0 Å². The third-order valence-electron chi connectivity index (χ3n) is 3.58. The summed E-state index contributed by atoms with van der Waals surface area (Å²) < 4.78 is 11.1. The number of nitrogens with two attached hydrogens (primary N) is 1. The summed E-state index contributed by atoms with van der Waals surface area (Å²) >= 11 is 0. The molecule has 2 N–H and O–H groups in total. The predicted molar refractivity (Wildman–Crippen MR) is 71.2 cm³/mol. The summed E-state index contributed by atoms with van der Waals surface area (Å²) in [5, 5.41) is 0. The third kappa shape index (κ3) is 4.58. The van der Waals surface area contributed by atoms with Crippen molar-refractivity contribution in [3.8, 4) is 0 Å². The Morgan fingerprint density at radius 2 is 2.06 bits per heavy atom. The van der Waals surface area contributed by atoms with Gasteiger partial charge >= 0.3 is 5.97 Å². The first kappa shape index (κ1) is 15.4. The van der Waals surface area contributed by atoms with Gasteiger partial charge in [0.2, 0.25) is 0 Å². The molecule has 0 heterocycles. The van der Waals surface area contributed by atoms with Gasteiger partial charge in [-0.3, -0.25) is 0 Å². The molecule has 18 heavy (non-hydrogen) atoms. The van der Waals surface area contributed by atoms with Crippen LogP contribution in [0.25, 0.3) is 0 Å². The average molecular weight is 257 g/mol. The summed E-state index contributed by atoms with van der Waals surface area (Å²) in [4.78, 5) is 11.8. The van der Waals surface area contributed by atoms with Crippen LogP contribution in [-0.2, 0) is 14.3 Å². The normalized spacial score (nSPS) is 25.7. The van der Waals surface area contributed by atoms with Crippen molar-refractivity contribution < 1.29 is 14.3 Å². The van der Waals surface area contributed by atoms with Gasteiger partial charge in [-0.25, -0.2) is 4.79 Å². The zero-order valence-corrected chi connectivity index (χ0v) is 11.7. The monoisotopic (exact) mass is 257 g/mol. The van der Waals surface area contributed by atoms with Crippen molar-refractivity contribution in [2.75, 3.05) is 13.2 Å². The van der Waals surface area contributed by atoms with Crippen molar-refractivity contribution in [3.63, 3.8) is 0 Å². The highest BCUT2D eigenvalue weighted by atomic mass is 16.6. The number of carbonyl (C=O) groups is 1. The molecule has 1 aliphatic carbocycles. The molecule has 0 amide bonds. The number of hydrogen-bond donors (Lipinski definition) is 1. The van der Waals surface area contributed by atoms with Crippen molar-refractivity contribution in [2.24, 2.45) is 11.7 Å². The second kappa shape index (κ2) is 8.48. The molecule has 0 aromatic heterocycles. The fourth-order valence-electron chi connectivity index (χ4n) is 2.57. The summed E-state index contributed by atoms with van der Waals surface area (Å²) in [5.74, 6) is 0.174. The highest BCUT2D eigenvalue weighted by Gasteiger charge is 2.30. The Kier molecular flexibility index (Phi) is 7.28. The van der Waals surface area contributed by atoms with E-state index in [9.17, 15) is 4.79 Å². The second-order valence-electron chi connectivity index (χ2n) is 4.98. The van der Waals surface area contributed by atoms with E-state index in [1.54, 1.807) is 0 Å². The molecule has 4 heteroatoms. The van der Waals surface area contributed by atoms with E-state index in [1.165, 1.54) is 12.8 Å². The number of esters is 1. The molecule has 1 aliphatic rings. The van der Waals surface area contributed by atoms with Crippen LogP contribution in [0.15, 0.2) is 0 Å². The first-order valence-electron chi connectivity index (χ1n) is 7.25. The summed E-state index contributed by atoms with van der Waals surface area (Å²) in [5.41, 5.74) is 5.78. The molecule has 1 saturated carbocycles. The minimum absolute atomic E-state index is 0.129. The molecule has 0 aromatic carbocycles. The van der Waals surface area contributed by atoms with Crippen LogP contribution in [0, 0.1) is 5.92 Å². The Hall–Kier alpha value is -0.610. The summed E-state index contributed by atoms with van der Waals surface area (Å²) in [6.07, 6.45) is 5.89. The van der Waals surface area contributed by atoms with E-state index in [1.807, 2.05) is 6.92 Å². The van der Waals surface area contributed by atoms with Gasteiger partial charge in [-0.2, -0.15) is 0 Å². The fraction of sp³-hybridized carbons (Fsp3) is 0.929. The molecule has 1 rings (SSSR count). The Morgan fingerprint density at radius 1 is 1.33 bits per heavy atom. The average Bonchev–Trinajstić information content (AvgIpc) is 2.39. The Labute approximate surface area is 110 Å². The van der Waals surface area contributed by atoms with E-state index in [-0.39, 0.29) is 12.1 Å². The smallest absolute Gasteiger partial charge is 0.335 e. The third-order valence-corrected chi connectivity index (χ3v) is 3.58. The van der Waals surface area contributed by atoms with Crippen LogP contribution in [0.5, 0.6) is 0 Å². The summed E-state index contributed by atoms with van der Waals surface area (Å²) in [7, 11) is 0. The second-order valence-corrected chi connectivity index (χ2v) is 4.98. The predicted octanol–water partition coefficient (Wildman–Crippen LogP) is 2.25. The van der Waals surface area contributed by atoms with E-state index < -0.39 is 6.10 Å². The quantitative estimate of drug-likeness (QED) is 0.711. The van der Waals surface area contributed by atoms with Crippen LogP contribution >= 0.6 is 0 Å². The standard InChI is InChI=1S/C14H27NO3/c1-3-7-13(14(16)17-4-2)18-12-9-6-5-8-11(12)10-15/h11-13H,3-10,15H2,1-2H3. The van der Waals surface area contributed by atoms with Gasteiger partial charge in [0.15, 0.2) is 6.10 Å². The maximum atomic E-state index is 11.8. The Morgan fingerprint density at radius 3 is 2.67 bits per heavy atom. The molecule has 3 unspecified atom stereocenters. The lowest BCUT2D eigenvalue weighted by atomic mass is 9.86. The molecular weight excluding hydrogens is 230 g/mol. The molecule has 0 spiro atoms. The van der Waals surface area contributed by atoms with Gasteiger partial charge in [0.1, 0.15) is 0 Å². The Balaban J connectivity index is 2.54. The van der Waals surface area contributed by atoms with E-state index in [2.05, 4.69) is 6.92 Å². The van der Waals surface area contributed by atoms with E-state index >= 15 is 0 Å². The fourth-order valence-corrected chi connectivity index (χ4v) is 2.57. The molecule has 0 bridgehead atoms. The molecule has 106 valence electrons. The molecule has 0 aromatic rings. The summed E-state index contributed by atoms with van der Waals surface area (Å²) in [6, 6.07) is 0. The number of rotatable bonds is 7. The number of hydrogen-bond acceptors (Lipinski definition) is 4. The molecule has 1 fully saturated rings. The molecule has 0 aliphatic heterocycles. The number of ether oxygens (including phenoxy) is 2. The molecule has 3 atom stereocenters. The Bertz CT molecular complexity index is 245. The van der Waals surface area contributed by atoms with Crippen LogP contribution in [0.1, 0.15) is 52.4 Å². The van der Waals surface area contributed by atoms with Gasteiger partial charge in [0.05, 0.1) is 12.7 Å². The van der Waals surface area contributed by atoms with Crippen LogP contribution < -0.4 is 5.73 Å². The molecule has 4 nitrogen and oxygen atoms in total. The molecular formula is C14H27NO3. The van der Waals surface area contributed by atoms with Gasteiger partial charge in [0, 0.05) is 0 Å². The topological polar surface area (TPSA) is 61.5 Å². The minimum Gasteiger partial charge on any atom is -0.464 e. The first-order valence-corrected chi connectivity index (χ1v) is 7.25. The van der Waals surface area contributed by atoms with E-state index in [4.69, 9.17) is 15.2 Å². The maximum absolute atomic E-state index is 11.8. The van der Waals surface area contributed by atoms with Crippen molar-refractivity contribution in [3.05, 3.63) is 0 Å². The lowest BCUT2D eigenvalue weighted by Crippen LogP contribution is -2.39. The van der Waals surface area contributed by atoms with Gasteiger partial charge < -0.3 is 15.2 Å². The highest BCUT2D eigenvalue weighted by molar-refractivity contribution is 5.74. The first-order chi connectivity index (χ1) is 8.72. The van der Waals surface area contributed by atoms with E-state index in [0.29, 0.717) is 19.1 Å². The van der Waals surface area contributed by atoms with Crippen molar-refractivity contribution >= 4 is 5.97 Å². The highest BCUT2D eigenvalue weighted by Crippen LogP contribution is 2.27. The SMILES string of the molecule is CCCC(OC1CCCCC1CN)C(=O)OCC. The van der Waals surface area contributed by atoms with Gasteiger partial charge in [-0.1, -0.05) is 26.2 Å². The number of carbonyl (C=O) groups excluding carboxylic acids is 1. The lowest BCUT2D eigenvalue weighted by molar-refractivity contribution is -0.164. The van der Waals surface area contributed by atoms with Crippen LogP contribution in [0.4, 0.5) is 0 Å². The summed E-state index contributed by atoms with van der Waals surface area (Å²) in [6.45, 7) is 4.93. The van der Waals surface area contributed by atoms with Gasteiger partial charge in [-0.15, -0.1) is 0 Å².